The molecular formula is C19H28O2. The first-order valence-electron chi connectivity index (χ1n) is 7.87. The zero-order valence-electron chi connectivity index (χ0n) is 13.8. The lowest BCUT2D eigenvalue weighted by Gasteiger charge is -2.27. The van der Waals surface area contributed by atoms with Crippen LogP contribution in [0.3, 0.4) is 0 Å². The van der Waals surface area contributed by atoms with Crippen molar-refractivity contribution in [2.24, 2.45) is 5.92 Å². The lowest BCUT2D eigenvalue weighted by molar-refractivity contribution is 0.0239. The summed E-state index contributed by atoms with van der Waals surface area (Å²) in [7, 11) is 1.64. The summed E-state index contributed by atoms with van der Waals surface area (Å²) in [5.74, 6) is 7.10. The van der Waals surface area contributed by atoms with Crippen LogP contribution in [0.15, 0.2) is 24.3 Å². The molecule has 2 nitrogen and oxygen atoms in total. The molecule has 116 valence electrons. The van der Waals surface area contributed by atoms with Gasteiger partial charge in [-0.1, -0.05) is 44.2 Å². The lowest BCUT2D eigenvalue weighted by Crippen LogP contribution is -2.28. The largest absolute Gasteiger partial charge is 0.497 e. The Kier molecular flexibility index (Phi) is 7.32. The Morgan fingerprint density at radius 1 is 1.19 bits per heavy atom. The van der Waals surface area contributed by atoms with Crippen molar-refractivity contribution in [1.82, 2.24) is 0 Å². The standard InChI is InChI=1S/C19H28O2/c1-5-6-7-8-9-10-11-16(2)19(3,20)17-12-14-18(21-4)15-13-17/h12-16,20H,5-9H2,1-4H3. The van der Waals surface area contributed by atoms with Crippen molar-refractivity contribution in [3.63, 3.8) is 0 Å². The fraction of sp³-hybridized carbons (Fsp3) is 0.579. The zero-order chi connectivity index (χ0) is 15.7. The van der Waals surface area contributed by atoms with Crippen molar-refractivity contribution < 1.29 is 9.84 Å². The minimum absolute atomic E-state index is 0.0999. The third-order valence-corrected chi connectivity index (χ3v) is 3.99. The molecule has 2 heteroatoms. The van der Waals surface area contributed by atoms with Crippen molar-refractivity contribution in [1.29, 1.82) is 0 Å². The zero-order valence-corrected chi connectivity index (χ0v) is 13.8. The SMILES string of the molecule is CCCCCCC#CC(C)C(C)(O)c1ccc(OC)cc1. The first-order chi connectivity index (χ1) is 10.0. The molecule has 1 aromatic rings. The van der Waals surface area contributed by atoms with Crippen LogP contribution < -0.4 is 4.74 Å². The second-order valence-corrected chi connectivity index (χ2v) is 5.73. The molecule has 0 heterocycles. The fourth-order valence-electron chi connectivity index (χ4n) is 2.18. The third kappa shape index (κ3) is 5.44. The van der Waals surface area contributed by atoms with Gasteiger partial charge in [0.05, 0.1) is 13.0 Å². The fourth-order valence-corrected chi connectivity index (χ4v) is 2.18. The molecule has 0 aliphatic carbocycles. The van der Waals surface area contributed by atoms with E-state index in [9.17, 15) is 5.11 Å². The van der Waals surface area contributed by atoms with Crippen LogP contribution in [0.25, 0.3) is 0 Å². The van der Waals surface area contributed by atoms with E-state index in [1.54, 1.807) is 7.11 Å². The number of aliphatic hydroxyl groups is 1. The Hall–Kier alpha value is -1.46. The lowest BCUT2D eigenvalue weighted by atomic mass is 9.84. The van der Waals surface area contributed by atoms with Crippen molar-refractivity contribution in [3.05, 3.63) is 29.8 Å². The normalized spacial score (nSPS) is 14.7. The second-order valence-electron chi connectivity index (χ2n) is 5.73. The monoisotopic (exact) mass is 288 g/mol. The number of benzene rings is 1. The van der Waals surface area contributed by atoms with Gasteiger partial charge in [0.25, 0.3) is 0 Å². The van der Waals surface area contributed by atoms with Gasteiger partial charge in [0.2, 0.25) is 0 Å². The Balaban J connectivity index is 2.61. The molecule has 0 aromatic heterocycles. The highest BCUT2D eigenvalue weighted by atomic mass is 16.5. The summed E-state index contributed by atoms with van der Waals surface area (Å²) in [6.07, 6.45) is 5.84. The number of hydrogen-bond donors (Lipinski definition) is 1. The Labute approximate surface area is 129 Å². The highest BCUT2D eigenvalue weighted by Gasteiger charge is 2.29. The van der Waals surface area contributed by atoms with Gasteiger partial charge in [0.1, 0.15) is 11.4 Å². The van der Waals surface area contributed by atoms with E-state index in [1.807, 2.05) is 38.1 Å². The van der Waals surface area contributed by atoms with Crippen molar-refractivity contribution in [2.75, 3.05) is 7.11 Å². The molecule has 0 aliphatic heterocycles. The minimum atomic E-state index is -0.942. The predicted molar refractivity (Wildman–Crippen MR) is 88.3 cm³/mol. The molecule has 0 fully saturated rings. The van der Waals surface area contributed by atoms with Crippen LogP contribution >= 0.6 is 0 Å². The molecule has 0 aliphatic rings. The number of ether oxygens (including phenoxy) is 1. The Morgan fingerprint density at radius 3 is 2.43 bits per heavy atom. The summed E-state index contributed by atoms with van der Waals surface area (Å²) in [6.45, 7) is 6.01. The van der Waals surface area contributed by atoms with E-state index in [-0.39, 0.29) is 5.92 Å². The van der Waals surface area contributed by atoms with E-state index in [1.165, 1.54) is 19.3 Å². The van der Waals surface area contributed by atoms with E-state index in [4.69, 9.17) is 4.74 Å². The van der Waals surface area contributed by atoms with Crippen molar-refractivity contribution in [3.8, 4) is 17.6 Å². The minimum Gasteiger partial charge on any atom is -0.497 e. The van der Waals surface area contributed by atoms with E-state index >= 15 is 0 Å². The van der Waals surface area contributed by atoms with Crippen LogP contribution in [-0.2, 0) is 5.60 Å². The molecule has 0 bridgehead atoms. The molecule has 2 atom stereocenters. The van der Waals surface area contributed by atoms with Gasteiger partial charge >= 0.3 is 0 Å². The van der Waals surface area contributed by atoms with E-state index in [2.05, 4.69) is 18.8 Å². The number of unbranched alkanes of at least 4 members (excludes halogenated alkanes) is 4. The molecule has 0 radical (unpaired) electrons. The molecular weight excluding hydrogens is 260 g/mol. The maximum Gasteiger partial charge on any atom is 0.118 e. The maximum absolute atomic E-state index is 10.7. The van der Waals surface area contributed by atoms with Crippen molar-refractivity contribution in [2.45, 2.75) is 58.5 Å². The molecule has 0 amide bonds. The number of hydrogen-bond acceptors (Lipinski definition) is 2. The van der Waals surface area contributed by atoms with Crippen LogP contribution in [0.4, 0.5) is 0 Å². The summed E-state index contributed by atoms with van der Waals surface area (Å²) in [6, 6.07) is 7.54. The van der Waals surface area contributed by atoms with Gasteiger partial charge in [-0.15, -0.1) is 5.92 Å². The average Bonchev–Trinajstić information content (AvgIpc) is 2.50. The highest BCUT2D eigenvalue weighted by Crippen LogP contribution is 2.30. The summed E-state index contributed by atoms with van der Waals surface area (Å²) >= 11 is 0. The second kappa shape index (κ2) is 8.74. The van der Waals surface area contributed by atoms with Crippen LogP contribution in [-0.4, -0.2) is 12.2 Å². The van der Waals surface area contributed by atoms with Crippen LogP contribution in [0.5, 0.6) is 5.75 Å². The van der Waals surface area contributed by atoms with E-state index in [0.717, 1.165) is 24.2 Å². The smallest absolute Gasteiger partial charge is 0.118 e. The van der Waals surface area contributed by atoms with Gasteiger partial charge in [0, 0.05) is 6.42 Å². The highest BCUT2D eigenvalue weighted by molar-refractivity contribution is 5.32. The van der Waals surface area contributed by atoms with Gasteiger partial charge in [-0.05, 0) is 38.0 Å². The Bertz CT molecular complexity index is 463. The van der Waals surface area contributed by atoms with Crippen molar-refractivity contribution >= 4 is 0 Å². The number of methoxy groups -OCH3 is 1. The quantitative estimate of drug-likeness (QED) is 0.591. The van der Waals surface area contributed by atoms with Crippen LogP contribution in [0, 0.1) is 17.8 Å². The average molecular weight is 288 g/mol. The molecule has 0 spiro atoms. The van der Waals surface area contributed by atoms with E-state index < -0.39 is 5.60 Å². The molecule has 1 N–H and O–H groups in total. The molecule has 1 rings (SSSR count). The molecule has 2 unspecified atom stereocenters. The van der Waals surface area contributed by atoms with Gasteiger partial charge in [0.15, 0.2) is 0 Å². The van der Waals surface area contributed by atoms with E-state index in [0.29, 0.717) is 0 Å². The summed E-state index contributed by atoms with van der Waals surface area (Å²) < 4.78 is 5.14. The van der Waals surface area contributed by atoms with Crippen LogP contribution in [0.2, 0.25) is 0 Å². The van der Waals surface area contributed by atoms with Crippen LogP contribution in [0.1, 0.15) is 58.4 Å². The molecule has 0 saturated heterocycles. The summed E-state index contributed by atoms with van der Waals surface area (Å²) in [4.78, 5) is 0. The molecule has 1 aromatic carbocycles. The maximum atomic E-state index is 10.7. The molecule has 0 saturated carbocycles. The summed E-state index contributed by atoms with van der Waals surface area (Å²) in [5, 5.41) is 10.7. The topological polar surface area (TPSA) is 29.5 Å². The van der Waals surface area contributed by atoms with Gasteiger partial charge in [-0.3, -0.25) is 0 Å². The van der Waals surface area contributed by atoms with Gasteiger partial charge in [-0.2, -0.15) is 0 Å². The predicted octanol–water partition coefficient (Wildman–Crippen LogP) is 4.51. The van der Waals surface area contributed by atoms with Gasteiger partial charge in [-0.25, -0.2) is 0 Å². The van der Waals surface area contributed by atoms with Gasteiger partial charge < -0.3 is 9.84 Å². The first-order valence-corrected chi connectivity index (χ1v) is 7.87. The number of rotatable bonds is 7. The Morgan fingerprint density at radius 2 is 1.86 bits per heavy atom. The molecule has 21 heavy (non-hydrogen) atoms. The first kappa shape index (κ1) is 17.6. The third-order valence-electron chi connectivity index (χ3n) is 3.99. The summed E-state index contributed by atoms with van der Waals surface area (Å²) in [5.41, 5.74) is -0.0704.